The van der Waals surface area contributed by atoms with E-state index >= 15 is 0 Å². The van der Waals surface area contributed by atoms with Gasteiger partial charge in [0.25, 0.3) is 0 Å². The Morgan fingerprint density at radius 1 is 1.10 bits per heavy atom. The normalized spacial score (nSPS) is 19.3. The van der Waals surface area contributed by atoms with Crippen LogP contribution in [0.5, 0.6) is 5.88 Å². The van der Waals surface area contributed by atoms with E-state index in [0.717, 1.165) is 42.8 Å². The van der Waals surface area contributed by atoms with Crippen LogP contribution in [0.1, 0.15) is 62.2 Å². The van der Waals surface area contributed by atoms with E-state index in [2.05, 4.69) is 33.3 Å². The zero-order valence-electron chi connectivity index (χ0n) is 18.9. The van der Waals surface area contributed by atoms with Gasteiger partial charge in [0.2, 0.25) is 11.8 Å². The number of likely N-dealkylation sites (N-methyl/N-ethyl adjacent to an activating group) is 1. The molecular weight excluding hydrogens is 378 g/mol. The fourth-order valence-corrected chi connectivity index (χ4v) is 4.94. The van der Waals surface area contributed by atoms with E-state index in [9.17, 15) is 4.79 Å². The number of likely N-dealkylation sites (tertiary alicyclic amines) is 1. The molecule has 0 bridgehead atoms. The van der Waals surface area contributed by atoms with Gasteiger partial charge in [0, 0.05) is 38.9 Å². The monoisotopic (exact) mass is 413 g/mol. The highest BCUT2D eigenvalue weighted by Gasteiger charge is 2.27. The van der Waals surface area contributed by atoms with Gasteiger partial charge in [-0.15, -0.1) is 0 Å². The molecule has 1 aliphatic heterocycles. The molecule has 1 aliphatic carbocycles. The average molecular weight is 414 g/mol. The minimum Gasteiger partial charge on any atom is -0.474 e. The van der Waals surface area contributed by atoms with Crippen LogP contribution in [0, 0.1) is 13.8 Å². The van der Waals surface area contributed by atoms with Gasteiger partial charge >= 0.3 is 0 Å². The highest BCUT2D eigenvalue weighted by atomic mass is 16.5. The molecule has 0 radical (unpaired) electrons. The Bertz CT molecular complexity index is 893. The summed E-state index contributed by atoms with van der Waals surface area (Å²) < 4.78 is 8.86. The van der Waals surface area contributed by atoms with Crippen LogP contribution in [0.15, 0.2) is 6.33 Å². The standard InChI is InChI=1S/C23H35N5O2/c1-16-17(2)28(18-8-6-5-7-9-18)22-21(16)23(25-15-24-22)30-19-10-12-27(13-11-19)14-20(29)26(3)4/h15,18-19H,5-14H2,1-4H3. The maximum atomic E-state index is 12.0. The predicted octanol–water partition coefficient (Wildman–Crippen LogP) is 3.48. The Labute approximate surface area is 179 Å². The van der Waals surface area contributed by atoms with Crippen LogP contribution in [0.2, 0.25) is 0 Å². The van der Waals surface area contributed by atoms with Gasteiger partial charge < -0.3 is 14.2 Å². The van der Waals surface area contributed by atoms with E-state index in [1.807, 2.05) is 14.1 Å². The van der Waals surface area contributed by atoms with Crippen molar-refractivity contribution < 1.29 is 9.53 Å². The quantitative estimate of drug-likeness (QED) is 0.751. The fraction of sp³-hybridized carbons (Fsp3) is 0.696. The average Bonchev–Trinajstić information content (AvgIpc) is 3.01. The summed E-state index contributed by atoms with van der Waals surface area (Å²) >= 11 is 0. The number of nitrogens with zero attached hydrogens (tertiary/aromatic N) is 5. The van der Waals surface area contributed by atoms with Gasteiger partial charge in [0.05, 0.1) is 11.9 Å². The van der Waals surface area contributed by atoms with Crippen molar-refractivity contribution in [3.05, 3.63) is 17.6 Å². The molecule has 2 aliphatic rings. The zero-order valence-corrected chi connectivity index (χ0v) is 18.9. The summed E-state index contributed by atoms with van der Waals surface area (Å²) in [5, 5.41) is 1.07. The third-order valence-corrected chi connectivity index (χ3v) is 6.91. The summed E-state index contributed by atoms with van der Waals surface area (Å²) in [4.78, 5) is 25.0. The number of carbonyl (C=O) groups is 1. The minimum absolute atomic E-state index is 0.131. The summed E-state index contributed by atoms with van der Waals surface area (Å²) in [6.07, 6.45) is 10.0. The van der Waals surface area contributed by atoms with Crippen molar-refractivity contribution in [3.8, 4) is 5.88 Å². The number of fused-ring (bicyclic) bond motifs is 1. The summed E-state index contributed by atoms with van der Waals surface area (Å²) in [5.41, 5.74) is 3.55. The molecule has 7 heteroatoms. The number of hydrogen-bond donors (Lipinski definition) is 0. The van der Waals surface area contributed by atoms with E-state index in [1.165, 1.54) is 43.4 Å². The molecule has 0 aromatic carbocycles. The summed E-state index contributed by atoms with van der Waals surface area (Å²) in [6, 6.07) is 0.537. The van der Waals surface area contributed by atoms with E-state index in [4.69, 9.17) is 4.74 Å². The molecule has 4 rings (SSSR count). The molecule has 164 valence electrons. The van der Waals surface area contributed by atoms with Crippen molar-refractivity contribution in [3.63, 3.8) is 0 Å². The van der Waals surface area contributed by atoms with E-state index in [-0.39, 0.29) is 12.0 Å². The van der Waals surface area contributed by atoms with Crippen molar-refractivity contribution >= 4 is 16.9 Å². The first kappa shape index (κ1) is 21.1. The number of aromatic nitrogens is 3. The van der Waals surface area contributed by atoms with Gasteiger partial charge in [-0.3, -0.25) is 9.69 Å². The largest absolute Gasteiger partial charge is 0.474 e. The number of piperidine rings is 1. The highest BCUT2D eigenvalue weighted by molar-refractivity contribution is 5.86. The Hall–Kier alpha value is -2.15. The SMILES string of the molecule is Cc1c(C)n(C2CCCCC2)c2ncnc(OC3CCN(CC(=O)N(C)C)CC3)c12. The van der Waals surface area contributed by atoms with Gasteiger partial charge in [0.15, 0.2) is 0 Å². The van der Waals surface area contributed by atoms with Crippen LogP contribution >= 0.6 is 0 Å². The molecule has 1 saturated heterocycles. The van der Waals surface area contributed by atoms with Crippen LogP contribution in [-0.2, 0) is 4.79 Å². The van der Waals surface area contributed by atoms with Crippen LogP contribution in [0.25, 0.3) is 11.0 Å². The Kier molecular flexibility index (Phi) is 6.27. The Balaban J connectivity index is 1.50. The zero-order chi connectivity index (χ0) is 21.3. The Morgan fingerprint density at radius 3 is 2.47 bits per heavy atom. The van der Waals surface area contributed by atoms with Crippen molar-refractivity contribution in [2.45, 2.75) is 70.9 Å². The number of hydrogen-bond acceptors (Lipinski definition) is 5. The van der Waals surface area contributed by atoms with Crippen molar-refractivity contribution in [2.24, 2.45) is 0 Å². The predicted molar refractivity (Wildman–Crippen MR) is 118 cm³/mol. The Morgan fingerprint density at radius 2 is 1.80 bits per heavy atom. The molecule has 0 atom stereocenters. The summed E-state index contributed by atoms with van der Waals surface area (Å²) in [7, 11) is 3.62. The van der Waals surface area contributed by atoms with Crippen LogP contribution in [0.4, 0.5) is 0 Å². The smallest absolute Gasteiger partial charge is 0.236 e. The highest BCUT2D eigenvalue weighted by Crippen LogP contribution is 2.37. The lowest BCUT2D eigenvalue weighted by molar-refractivity contribution is -0.130. The molecule has 2 aromatic heterocycles. The second-order valence-corrected chi connectivity index (χ2v) is 9.13. The van der Waals surface area contributed by atoms with Crippen LogP contribution in [-0.4, -0.2) is 70.1 Å². The van der Waals surface area contributed by atoms with Gasteiger partial charge in [-0.2, -0.15) is 0 Å². The van der Waals surface area contributed by atoms with Crippen LogP contribution < -0.4 is 4.74 Å². The molecule has 1 saturated carbocycles. The lowest BCUT2D eigenvalue weighted by Crippen LogP contribution is -2.43. The molecule has 3 heterocycles. The molecule has 0 spiro atoms. The molecule has 0 N–H and O–H groups in total. The van der Waals surface area contributed by atoms with Crippen molar-refractivity contribution in [1.82, 2.24) is 24.3 Å². The lowest BCUT2D eigenvalue weighted by atomic mass is 9.95. The molecule has 30 heavy (non-hydrogen) atoms. The third-order valence-electron chi connectivity index (χ3n) is 6.91. The van der Waals surface area contributed by atoms with Crippen molar-refractivity contribution in [2.75, 3.05) is 33.7 Å². The summed E-state index contributed by atoms with van der Waals surface area (Å²) in [6.45, 7) is 6.61. The molecular formula is C23H35N5O2. The molecule has 1 amide bonds. The topological polar surface area (TPSA) is 63.5 Å². The van der Waals surface area contributed by atoms with Gasteiger partial charge in [-0.1, -0.05) is 19.3 Å². The third kappa shape index (κ3) is 4.17. The molecule has 7 nitrogen and oxygen atoms in total. The first-order valence-electron chi connectivity index (χ1n) is 11.4. The lowest BCUT2D eigenvalue weighted by Gasteiger charge is -2.32. The molecule has 2 aromatic rings. The minimum atomic E-state index is 0.131. The fourth-order valence-electron chi connectivity index (χ4n) is 4.94. The maximum Gasteiger partial charge on any atom is 0.236 e. The summed E-state index contributed by atoms with van der Waals surface area (Å²) in [5.74, 6) is 0.875. The number of amides is 1. The first-order chi connectivity index (χ1) is 14.5. The van der Waals surface area contributed by atoms with Gasteiger partial charge in [0.1, 0.15) is 18.1 Å². The second kappa shape index (κ2) is 8.92. The maximum absolute atomic E-state index is 12.0. The van der Waals surface area contributed by atoms with Crippen LogP contribution in [0.3, 0.4) is 0 Å². The number of aryl methyl sites for hydroxylation is 1. The van der Waals surface area contributed by atoms with E-state index in [0.29, 0.717) is 12.6 Å². The number of ether oxygens (including phenoxy) is 1. The first-order valence-corrected chi connectivity index (χ1v) is 11.4. The number of rotatable bonds is 5. The van der Waals surface area contributed by atoms with Gasteiger partial charge in [-0.05, 0) is 45.1 Å². The van der Waals surface area contributed by atoms with Gasteiger partial charge in [-0.25, -0.2) is 9.97 Å². The molecule has 2 fully saturated rings. The number of carbonyl (C=O) groups excluding carboxylic acids is 1. The second-order valence-electron chi connectivity index (χ2n) is 9.13. The molecule has 0 unspecified atom stereocenters. The van der Waals surface area contributed by atoms with E-state index in [1.54, 1.807) is 11.2 Å². The van der Waals surface area contributed by atoms with Crippen molar-refractivity contribution in [1.29, 1.82) is 0 Å². The van der Waals surface area contributed by atoms with E-state index < -0.39 is 0 Å².